The molecule has 0 aliphatic carbocycles. The normalized spacial score (nSPS) is 20.6. The largest absolute Gasteiger partial charge is 0.505 e. The Labute approximate surface area is 329 Å². The van der Waals surface area contributed by atoms with E-state index >= 15 is 0 Å². The Morgan fingerprint density at radius 1 is 0.571 bits per heavy atom. The predicted molar refractivity (Wildman–Crippen MR) is 211 cm³/mol. The highest BCUT2D eigenvalue weighted by Crippen LogP contribution is 2.33. The quantitative estimate of drug-likeness (QED) is 0.0685. The highest BCUT2D eigenvalue weighted by molar-refractivity contribution is 5.17. The summed E-state index contributed by atoms with van der Waals surface area (Å²) in [7, 11) is 1.54. The summed E-state index contributed by atoms with van der Waals surface area (Å²) in [5.74, 6) is 0. The number of hydrogen-bond donors (Lipinski definition) is 0. The predicted octanol–water partition coefficient (Wildman–Crippen LogP) is 8.34. The Balaban J connectivity index is 1.33. The zero-order chi connectivity index (χ0) is 38.6. The molecule has 0 N–H and O–H groups in total. The molecule has 1 heterocycles. The van der Waals surface area contributed by atoms with E-state index in [-0.39, 0.29) is 26.4 Å². The third kappa shape index (κ3) is 12.4. The minimum atomic E-state index is -1.12. The molecule has 6 rings (SSSR count). The molecule has 0 unspecified atom stereocenters. The number of benzene rings is 5. The van der Waals surface area contributed by atoms with Crippen LogP contribution in [0.2, 0.25) is 0 Å². The molecule has 5 aromatic rings. The molecular weight excluding hydrogens is 707 g/mol. The summed E-state index contributed by atoms with van der Waals surface area (Å²) in [6.07, 6.45) is -2.79. The second kappa shape index (κ2) is 22.4. The molecule has 9 heteroatoms. The highest BCUT2D eigenvalue weighted by Gasteiger charge is 2.50. The van der Waals surface area contributed by atoms with Crippen LogP contribution < -0.4 is 0 Å². The highest BCUT2D eigenvalue weighted by atomic mass is 16.7. The van der Waals surface area contributed by atoms with Gasteiger partial charge >= 0.3 is 0 Å². The minimum Gasteiger partial charge on any atom is -0.505 e. The molecule has 1 saturated heterocycles. The van der Waals surface area contributed by atoms with Crippen molar-refractivity contribution < 1.29 is 37.9 Å². The van der Waals surface area contributed by atoms with E-state index in [0.29, 0.717) is 13.2 Å². The molecule has 1 aliphatic heterocycles. The van der Waals surface area contributed by atoms with Gasteiger partial charge in [0, 0.05) is 0 Å². The maximum atomic E-state index is 10.6. The lowest BCUT2D eigenvalue weighted by atomic mass is 9.97. The summed E-state index contributed by atoms with van der Waals surface area (Å²) in [5.41, 5.74) is 4.89. The third-order valence-electron chi connectivity index (χ3n) is 9.24. The Bertz CT molecular complexity index is 1880. The average Bonchev–Trinajstić information content (AvgIpc) is 3.26. The topological polar surface area (TPSA) is 97.6 Å². The molecule has 290 valence electrons. The van der Waals surface area contributed by atoms with Gasteiger partial charge in [0.05, 0.1) is 59.1 Å². The van der Waals surface area contributed by atoms with E-state index < -0.39 is 42.9 Å². The van der Waals surface area contributed by atoms with Crippen molar-refractivity contribution in [2.24, 2.45) is 0 Å². The van der Waals surface area contributed by atoms with E-state index in [0.717, 1.165) is 27.8 Å². The van der Waals surface area contributed by atoms with Gasteiger partial charge in [-0.3, -0.25) is 0 Å². The van der Waals surface area contributed by atoms with Crippen molar-refractivity contribution in [1.29, 1.82) is 5.26 Å². The first-order valence-electron chi connectivity index (χ1n) is 18.8. The molecule has 9 nitrogen and oxygen atoms in total. The van der Waals surface area contributed by atoms with Crippen LogP contribution in [0.25, 0.3) is 0 Å². The lowest BCUT2D eigenvalue weighted by Gasteiger charge is -2.46. The monoisotopic (exact) mass is 755 g/mol. The van der Waals surface area contributed by atoms with Crippen molar-refractivity contribution in [2.45, 2.75) is 75.9 Å². The van der Waals surface area contributed by atoms with E-state index in [9.17, 15) is 5.26 Å². The maximum Gasteiger partial charge on any atom is 0.188 e. The Morgan fingerprint density at radius 2 is 1.00 bits per heavy atom. The number of hydrogen-bond acceptors (Lipinski definition) is 9. The molecule has 0 amide bonds. The summed E-state index contributed by atoms with van der Waals surface area (Å²) in [5, 5.41) is 10.6. The second-order valence-corrected chi connectivity index (χ2v) is 13.3. The van der Waals surface area contributed by atoms with Crippen molar-refractivity contribution in [3.63, 3.8) is 0 Å². The molecule has 0 bridgehead atoms. The van der Waals surface area contributed by atoms with Crippen LogP contribution in [-0.4, -0.2) is 56.6 Å². The molecule has 0 radical (unpaired) electrons. The molecule has 0 spiro atoms. The van der Waals surface area contributed by atoms with E-state index in [2.05, 4.69) is 6.07 Å². The Kier molecular flexibility index (Phi) is 16.2. The minimum absolute atomic E-state index is 0.152. The van der Waals surface area contributed by atoms with Crippen LogP contribution >= 0.6 is 0 Å². The van der Waals surface area contributed by atoms with Crippen molar-refractivity contribution in [3.8, 4) is 6.07 Å². The van der Waals surface area contributed by atoms with Gasteiger partial charge in [0.25, 0.3) is 0 Å². The van der Waals surface area contributed by atoms with Gasteiger partial charge in [-0.15, -0.1) is 0 Å². The molecule has 56 heavy (non-hydrogen) atoms. The van der Waals surface area contributed by atoms with Gasteiger partial charge in [0.2, 0.25) is 0 Å². The molecule has 0 aromatic heterocycles. The number of rotatable bonds is 21. The smallest absolute Gasteiger partial charge is 0.188 e. The van der Waals surface area contributed by atoms with E-state index in [1.54, 1.807) is 6.08 Å². The van der Waals surface area contributed by atoms with E-state index in [1.807, 2.05) is 152 Å². The van der Waals surface area contributed by atoms with Crippen molar-refractivity contribution in [2.75, 3.05) is 13.7 Å². The van der Waals surface area contributed by atoms with Crippen LogP contribution in [0.4, 0.5) is 0 Å². The molecule has 1 aliphatic rings. The Morgan fingerprint density at radius 3 is 1.46 bits per heavy atom. The fourth-order valence-corrected chi connectivity index (χ4v) is 6.35. The molecule has 5 aromatic carbocycles. The van der Waals surface area contributed by atoms with Crippen LogP contribution in [0.3, 0.4) is 0 Å². The first-order valence-corrected chi connectivity index (χ1v) is 18.8. The summed E-state index contributed by atoms with van der Waals surface area (Å²) in [6.45, 7) is 1.56. The summed E-state index contributed by atoms with van der Waals surface area (Å²) in [6, 6.07) is 51.7. The lowest BCUT2D eigenvalue weighted by molar-refractivity contribution is -0.336. The number of methoxy groups -OCH3 is 1. The van der Waals surface area contributed by atoms with Crippen LogP contribution in [0.1, 0.15) is 27.8 Å². The van der Waals surface area contributed by atoms with Crippen LogP contribution in [0.15, 0.2) is 164 Å². The summed E-state index contributed by atoms with van der Waals surface area (Å²) in [4.78, 5) is 0. The summed E-state index contributed by atoms with van der Waals surface area (Å²) >= 11 is 0. The molecule has 7 atom stereocenters. The standard InChI is InChI=1S/C47H49NO8/c1-49-28-27-41(51-31-37-19-9-3-10-20-37)42(29-48)55-47-46(54-34-40-25-15-6-16-26-40)45(53-33-39-23-13-5-14-24-39)44(52-32-38-21-11-4-12-22-38)43(56-47)35-50-30-36-17-7-2-8-18-36/h2-28,41-47H,30-35H2,1H3/b28-27+/t41-,42-,43-,44-,45+,46-,47-/m1/s1. The number of nitrogens with zero attached hydrogens (tertiary/aromatic N) is 1. The SMILES string of the molecule is CO/C=C/[C@@H](OCc1ccccc1)[C@@H](C#N)O[C@@H]1O[C@H](COCc2ccccc2)[C@@H](OCc2ccccc2)[C@H](OCc2ccccc2)[C@H]1OCc1ccccc1. The van der Waals surface area contributed by atoms with Gasteiger partial charge in [-0.05, 0) is 33.9 Å². The fourth-order valence-electron chi connectivity index (χ4n) is 6.35. The van der Waals surface area contributed by atoms with Crippen molar-refractivity contribution in [1.82, 2.24) is 0 Å². The van der Waals surface area contributed by atoms with Crippen molar-refractivity contribution in [3.05, 3.63) is 192 Å². The fraction of sp³-hybridized carbons (Fsp3) is 0.298. The zero-order valence-electron chi connectivity index (χ0n) is 31.6. The first kappa shape index (κ1) is 40.5. The first-order chi connectivity index (χ1) is 27.7. The maximum absolute atomic E-state index is 10.6. The zero-order valence-corrected chi connectivity index (χ0v) is 31.6. The molecular formula is C47H49NO8. The molecule has 0 saturated carbocycles. The average molecular weight is 756 g/mol. The number of ether oxygens (including phenoxy) is 8. The lowest BCUT2D eigenvalue weighted by Crippen LogP contribution is -2.62. The van der Waals surface area contributed by atoms with Crippen LogP contribution in [0, 0.1) is 11.3 Å². The van der Waals surface area contributed by atoms with Gasteiger partial charge < -0.3 is 37.9 Å². The van der Waals surface area contributed by atoms with Gasteiger partial charge in [0.1, 0.15) is 30.5 Å². The summed E-state index contributed by atoms with van der Waals surface area (Å²) < 4.78 is 51.6. The second-order valence-electron chi connectivity index (χ2n) is 13.3. The van der Waals surface area contributed by atoms with Gasteiger partial charge in [-0.2, -0.15) is 5.26 Å². The van der Waals surface area contributed by atoms with Crippen LogP contribution in [-0.2, 0) is 70.9 Å². The molecule has 1 fully saturated rings. The van der Waals surface area contributed by atoms with Crippen molar-refractivity contribution >= 4 is 0 Å². The van der Waals surface area contributed by atoms with Crippen LogP contribution in [0.5, 0.6) is 0 Å². The van der Waals surface area contributed by atoms with Gasteiger partial charge in [-0.25, -0.2) is 0 Å². The van der Waals surface area contributed by atoms with Gasteiger partial charge in [0.15, 0.2) is 12.4 Å². The van der Waals surface area contributed by atoms with E-state index in [4.69, 9.17) is 37.9 Å². The van der Waals surface area contributed by atoms with Gasteiger partial charge in [-0.1, -0.05) is 152 Å². The third-order valence-corrected chi connectivity index (χ3v) is 9.24. The van der Waals surface area contributed by atoms with E-state index in [1.165, 1.54) is 13.4 Å². The number of nitriles is 1. The Hall–Kier alpha value is -5.15.